The van der Waals surface area contributed by atoms with E-state index in [0.29, 0.717) is 18.1 Å². The highest BCUT2D eigenvalue weighted by Gasteiger charge is 2.43. The molecule has 1 unspecified atom stereocenters. The zero-order valence-corrected chi connectivity index (χ0v) is 17.3. The standard InChI is InChI=1S/C17H26ClN3O6S/c1-21(2)8-7-19-15(22)9-13-16(23)17(24)14(27-13)10-20-28(25,26)12-5-3-11(18)4-6-12/h3-6,13-14,16-17,20,23-24H,7-10H2,1-2H3,(H,19,22)/t13-,14+,16?,17+/m0/s1. The number of amides is 1. The van der Waals surface area contributed by atoms with Crippen LogP contribution in [0.2, 0.25) is 5.02 Å². The zero-order valence-electron chi connectivity index (χ0n) is 15.7. The Bertz CT molecular complexity index is 759. The average molecular weight is 436 g/mol. The molecule has 0 radical (unpaired) electrons. The van der Waals surface area contributed by atoms with Crippen LogP contribution in [-0.4, -0.2) is 87.6 Å². The number of aliphatic hydroxyl groups excluding tert-OH is 2. The summed E-state index contributed by atoms with van der Waals surface area (Å²) in [6.07, 6.45) is -4.63. The summed E-state index contributed by atoms with van der Waals surface area (Å²) in [5.41, 5.74) is 0. The topological polar surface area (TPSA) is 128 Å². The van der Waals surface area contributed by atoms with Crippen molar-refractivity contribution in [1.82, 2.24) is 14.9 Å². The number of nitrogens with one attached hydrogen (secondary N) is 2. The first-order chi connectivity index (χ1) is 13.1. The smallest absolute Gasteiger partial charge is 0.240 e. The third-order valence-corrected chi connectivity index (χ3v) is 6.02. The third kappa shape index (κ3) is 6.38. The molecule has 2 rings (SSSR count). The summed E-state index contributed by atoms with van der Waals surface area (Å²) in [7, 11) is -0.0774. The van der Waals surface area contributed by atoms with Crippen LogP contribution in [0.25, 0.3) is 0 Å². The summed E-state index contributed by atoms with van der Waals surface area (Å²) in [6, 6.07) is 5.61. The Morgan fingerprint density at radius 2 is 1.79 bits per heavy atom. The van der Waals surface area contributed by atoms with E-state index >= 15 is 0 Å². The van der Waals surface area contributed by atoms with E-state index in [1.54, 1.807) is 0 Å². The fraction of sp³-hybridized carbons (Fsp3) is 0.588. The number of sulfonamides is 1. The van der Waals surface area contributed by atoms with Gasteiger partial charge in [0.15, 0.2) is 0 Å². The lowest BCUT2D eigenvalue weighted by Gasteiger charge is -2.16. The summed E-state index contributed by atoms with van der Waals surface area (Å²) in [6.45, 7) is 0.862. The van der Waals surface area contributed by atoms with Crippen LogP contribution in [0.15, 0.2) is 29.2 Å². The molecule has 4 atom stereocenters. The van der Waals surface area contributed by atoms with Crippen LogP contribution in [0.1, 0.15) is 6.42 Å². The Morgan fingerprint density at radius 3 is 2.39 bits per heavy atom. The van der Waals surface area contributed by atoms with Crippen LogP contribution in [-0.2, 0) is 19.6 Å². The molecule has 0 aliphatic carbocycles. The van der Waals surface area contributed by atoms with Crippen molar-refractivity contribution in [2.45, 2.75) is 35.7 Å². The lowest BCUT2D eigenvalue weighted by atomic mass is 10.1. The second-order valence-electron chi connectivity index (χ2n) is 6.86. The lowest BCUT2D eigenvalue weighted by molar-refractivity contribution is -0.125. The molecule has 9 nitrogen and oxygen atoms in total. The molecule has 1 aromatic rings. The van der Waals surface area contributed by atoms with Crippen LogP contribution in [0, 0.1) is 0 Å². The average Bonchev–Trinajstić information content (AvgIpc) is 2.88. The van der Waals surface area contributed by atoms with E-state index in [4.69, 9.17) is 16.3 Å². The Morgan fingerprint density at radius 1 is 1.18 bits per heavy atom. The van der Waals surface area contributed by atoms with Crippen LogP contribution in [0.4, 0.5) is 0 Å². The Balaban J connectivity index is 1.88. The largest absolute Gasteiger partial charge is 0.388 e. The van der Waals surface area contributed by atoms with E-state index in [9.17, 15) is 23.4 Å². The maximum atomic E-state index is 12.3. The molecule has 0 saturated carbocycles. The van der Waals surface area contributed by atoms with Gasteiger partial charge in [-0.3, -0.25) is 4.79 Å². The van der Waals surface area contributed by atoms with Crippen LogP contribution in [0.3, 0.4) is 0 Å². The van der Waals surface area contributed by atoms with Gasteiger partial charge in [0.1, 0.15) is 18.3 Å². The molecule has 0 aromatic heterocycles. The monoisotopic (exact) mass is 435 g/mol. The lowest BCUT2D eigenvalue weighted by Crippen LogP contribution is -2.40. The number of likely N-dealkylation sites (N-methyl/N-ethyl adjacent to an activating group) is 1. The second kappa shape index (κ2) is 9.97. The number of rotatable bonds is 9. The molecule has 0 bridgehead atoms. The quantitative estimate of drug-likeness (QED) is 0.398. The summed E-state index contributed by atoms with van der Waals surface area (Å²) in [4.78, 5) is 13.9. The van der Waals surface area contributed by atoms with Gasteiger partial charge in [-0.2, -0.15) is 0 Å². The predicted octanol–water partition coefficient (Wildman–Crippen LogP) is -0.825. The maximum Gasteiger partial charge on any atom is 0.240 e. The van der Waals surface area contributed by atoms with Crippen molar-refractivity contribution in [3.8, 4) is 0 Å². The third-order valence-electron chi connectivity index (χ3n) is 4.33. The molecule has 1 aliphatic heterocycles. The van der Waals surface area contributed by atoms with Gasteiger partial charge in [0.2, 0.25) is 15.9 Å². The number of hydrogen-bond donors (Lipinski definition) is 4. The number of benzene rings is 1. The highest BCUT2D eigenvalue weighted by molar-refractivity contribution is 7.89. The molecule has 158 valence electrons. The van der Waals surface area contributed by atoms with E-state index < -0.39 is 34.4 Å². The summed E-state index contributed by atoms with van der Waals surface area (Å²) < 4.78 is 32.4. The normalized spacial score (nSPS) is 25.2. The number of carbonyl (C=O) groups excluding carboxylic acids is 1. The molecule has 4 N–H and O–H groups in total. The SMILES string of the molecule is CN(C)CCNC(=O)C[C@@H]1O[C@H](CNS(=O)(=O)c2ccc(Cl)cc2)[C@@H](O)C1O. The molecule has 1 saturated heterocycles. The van der Waals surface area contributed by atoms with Crippen molar-refractivity contribution in [3.05, 3.63) is 29.3 Å². The number of nitrogens with zero attached hydrogens (tertiary/aromatic N) is 1. The molecule has 1 aliphatic rings. The molecule has 1 heterocycles. The van der Waals surface area contributed by atoms with Gasteiger partial charge in [-0.05, 0) is 38.4 Å². The molecular formula is C17H26ClN3O6S. The molecule has 1 amide bonds. The van der Waals surface area contributed by atoms with E-state index in [0.717, 1.165) is 0 Å². The fourth-order valence-corrected chi connectivity index (χ4v) is 3.90. The van der Waals surface area contributed by atoms with Crippen LogP contribution in [0.5, 0.6) is 0 Å². The molecular weight excluding hydrogens is 410 g/mol. The fourth-order valence-electron chi connectivity index (χ4n) is 2.73. The van der Waals surface area contributed by atoms with Crippen LogP contribution >= 0.6 is 11.6 Å². The molecule has 0 spiro atoms. The highest BCUT2D eigenvalue weighted by atomic mass is 35.5. The van der Waals surface area contributed by atoms with Gasteiger partial charge in [0, 0.05) is 24.7 Å². The van der Waals surface area contributed by atoms with Gasteiger partial charge in [-0.1, -0.05) is 11.6 Å². The Hall–Kier alpha value is -1.27. The summed E-state index contributed by atoms with van der Waals surface area (Å²) in [5, 5.41) is 23.3. The first kappa shape index (κ1) is 23.0. The minimum atomic E-state index is -3.83. The van der Waals surface area contributed by atoms with E-state index in [-0.39, 0.29) is 23.8 Å². The van der Waals surface area contributed by atoms with Gasteiger partial charge in [-0.25, -0.2) is 13.1 Å². The number of aliphatic hydroxyl groups is 2. The highest BCUT2D eigenvalue weighted by Crippen LogP contribution is 2.24. The Kier molecular flexibility index (Phi) is 8.19. The maximum absolute atomic E-state index is 12.3. The van der Waals surface area contributed by atoms with Crippen LogP contribution < -0.4 is 10.0 Å². The van der Waals surface area contributed by atoms with Crippen molar-refractivity contribution in [1.29, 1.82) is 0 Å². The van der Waals surface area contributed by atoms with Gasteiger partial charge < -0.3 is 25.2 Å². The summed E-state index contributed by atoms with van der Waals surface area (Å²) >= 11 is 5.75. The van der Waals surface area contributed by atoms with Crippen molar-refractivity contribution < 1.29 is 28.2 Å². The predicted molar refractivity (Wildman–Crippen MR) is 103 cm³/mol. The number of ether oxygens (including phenoxy) is 1. The van der Waals surface area contributed by atoms with Crippen molar-refractivity contribution in [2.24, 2.45) is 0 Å². The minimum Gasteiger partial charge on any atom is -0.388 e. The van der Waals surface area contributed by atoms with Crippen molar-refractivity contribution in [2.75, 3.05) is 33.7 Å². The molecule has 11 heteroatoms. The van der Waals surface area contributed by atoms with Crippen molar-refractivity contribution >= 4 is 27.5 Å². The van der Waals surface area contributed by atoms with Gasteiger partial charge in [0.05, 0.1) is 17.4 Å². The first-order valence-corrected chi connectivity index (χ1v) is 10.6. The number of halogens is 1. The first-order valence-electron chi connectivity index (χ1n) is 8.78. The van der Waals surface area contributed by atoms with Gasteiger partial charge >= 0.3 is 0 Å². The minimum absolute atomic E-state index is 0.0155. The van der Waals surface area contributed by atoms with E-state index in [1.165, 1.54) is 24.3 Å². The Labute approximate surface area is 169 Å². The number of hydrogen-bond acceptors (Lipinski definition) is 7. The second-order valence-corrected chi connectivity index (χ2v) is 9.06. The zero-order chi connectivity index (χ0) is 20.9. The van der Waals surface area contributed by atoms with E-state index in [2.05, 4.69) is 10.0 Å². The van der Waals surface area contributed by atoms with Crippen molar-refractivity contribution in [3.63, 3.8) is 0 Å². The molecule has 1 fully saturated rings. The molecule has 28 heavy (non-hydrogen) atoms. The van der Waals surface area contributed by atoms with Gasteiger partial charge in [-0.15, -0.1) is 0 Å². The number of carbonyl (C=O) groups is 1. The summed E-state index contributed by atoms with van der Waals surface area (Å²) in [5.74, 6) is -0.319. The van der Waals surface area contributed by atoms with Gasteiger partial charge in [0.25, 0.3) is 0 Å². The van der Waals surface area contributed by atoms with E-state index in [1.807, 2.05) is 19.0 Å². The molecule has 1 aromatic carbocycles.